The molecule has 4 unspecified atom stereocenters. The predicted octanol–water partition coefficient (Wildman–Crippen LogP) is 0.873. The molecule has 1 heterocycles. The number of ether oxygens (including phenoxy) is 3. The lowest BCUT2D eigenvalue weighted by Crippen LogP contribution is -2.57. The van der Waals surface area contributed by atoms with E-state index in [0.29, 0.717) is 0 Å². The van der Waals surface area contributed by atoms with E-state index in [0.717, 1.165) is 0 Å². The van der Waals surface area contributed by atoms with Crippen LogP contribution in [0.15, 0.2) is 0 Å². The van der Waals surface area contributed by atoms with Crippen molar-refractivity contribution >= 4 is 12.2 Å². The maximum absolute atomic E-state index is 11.8. The summed E-state index contributed by atoms with van der Waals surface area (Å²) in [5, 5.41) is 25.1. The fourth-order valence-corrected chi connectivity index (χ4v) is 2.16. The van der Waals surface area contributed by atoms with Gasteiger partial charge in [-0.3, -0.25) is 0 Å². The normalized spacial score (nSPS) is 27.4. The van der Waals surface area contributed by atoms with Gasteiger partial charge in [0.05, 0.1) is 12.1 Å². The summed E-state index contributed by atoms with van der Waals surface area (Å²) in [7, 11) is 0. The zero-order valence-corrected chi connectivity index (χ0v) is 15.7. The number of aliphatic hydroxyl groups excluding tert-OH is 2. The van der Waals surface area contributed by atoms with Crippen molar-refractivity contribution in [3.63, 3.8) is 0 Å². The Balaban J connectivity index is 2.47. The average Bonchev–Trinajstić information content (AvgIpc) is 2.36. The van der Waals surface area contributed by atoms with E-state index < -0.39 is 47.9 Å². The lowest BCUT2D eigenvalue weighted by Gasteiger charge is -2.37. The Kier molecular flexibility index (Phi) is 7.04. The van der Waals surface area contributed by atoms with Crippen LogP contribution in [0.2, 0.25) is 0 Å². The summed E-state index contributed by atoms with van der Waals surface area (Å²) in [5.41, 5.74) is -1.32. The molecule has 1 aliphatic heterocycles. The second-order valence-corrected chi connectivity index (χ2v) is 8.00. The summed E-state index contributed by atoms with van der Waals surface area (Å²) in [6.07, 6.45) is -4.44. The molecule has 0 aliphatic carbocycles. The van der Waals surface area contributed by atoms with Crippen LogP contribution in [-0.2, 0) is 14.2 Å². The quantitative estimate of drug-likeness (QED) is 0.587. The Labute approximate surface area is 148 Å². The van der Waals surface area contributed by atoms with E-state index >= 15 is 0 Å². The zero-order valence-electron chi connectivity index (χ0n) is 15.7. The molecule has 0 aromatic carbocycles. The Morgan fingerprint density at radius 1 is 1.04 bits per heavy atom. The van der Waals surface area contributed by atoms with Crippen molar-refractivity contribution in [1.82, 2.24) is 10.6 Å². The van der Waals surface area contributed by atoms with Crippen molar-refractivity contribution in [2.75, 3.05) is 6.54 Å². The number of alkyl carbamates (subject to hydrolysis) is 2. The van der Waals surface area contributed by atoms with E-state index in [1.54, 1.807) is 41.5 Å². The van der Waals surface area contributed by atoms with Crippen LogP contribution in [0.3, 0.4) is 0 Å². The maximum atomic E-state index is 11.8. The second-order valence-electron chi connectivity index (χ2n) is 8.00. The first-order chi connectivity index (χ1) is 11.3. The van der Waals surface area contributed by atoms with Crippen LogP contribution < -0.4 is 10.6 Å². The van der Waals surface area contributed by atoms with E-state index in [1.165, 1.54) is 0 Å². The monoisotopic (exact) mass is 362 g/mol. The van der Waals surface area contributed by atoms with Crippen molar-refractivity contribution in [2.24, 2.45) is 0 Å². The number of amides is 2. The minimum Gasteiger partial charge on any atom is -0.444 e. The second kappa shape index (κ2) is 8.20. The maximum Gasteiger partial charge on any atom is 0.408 e. The highest BCUT2D eigenvalue weighted by molar-refractivity contribution is 5.68. The van der Waals surface area contributed by atoms with E-state index in [1.807, 2.05) is 0 Å². The number of hydrogen-bond donors (Lipinski definition) is 4. The van der Waals surface area contributed by atoms with Crippen LogP contribution in [0.1, 0.15) is 48.0 Å². The summed E-state index contributed by atoms with van der Waals surface area (Å²) in [5.74, 6) is 0. The van der Waals surface area contributed by atoms with Gasteiger partial charge < -0.3 is 35.1 Å². The van der Waals surface area contributed by atoms with Crippen molar-refractivity contribution < 1.29 is 34.0 Å². The molecule has 1 aliphatic rings. The van der Waals surface area contributed by atoms with E-state index in [9.17, 15) is 19.8 Å². The molecule has 2 amide bonds. The van der Waals surface area contributed by atoms with Crippen LogP contribution in [0.5, 0.6) is 0 Å². The van der Waals surface area contributed by atoms with Crippen LogP contribution >= 0.6 is 0 Å². The molecule has 1 fully saturated rings. The first kappa shape index (κ1) is 21.5. The van der Waals surface area contributed by atoms with Crippen LogP contribution in [0, 0.1) is 0 Å². The molecule has 0 radical (unpaired) electrons. The highest BCUT2D eigenvalue weighted by atomic mass is 16.6. The number of aliphatic hydroxyl groups is 2. The number of hydrogen-bond acceptors (Lipinski definition) is 7. The minimum absolute atomic E-state index is 0.0354. The molecule has 0 saturated carbocycles. The highest BCUT2D eigenvalue weighted by Crippen LogP contribution is 2.19. The fourth-order valence-electron chi connectivity index (χ4n) is 2.16. The highest BCUT2D eigenvalue weighted by Gasteiger charge is 2.38. The van der Waals surface area contributed by atoms with Gasteiger partial charge in [-0.2, -0.15) is 0 Å². The number of rotatable bonds is 3. The molecule has 0 bridgehead atoms. The Morgan fingerprint density at radius 3 is 2.08 bits per heavy atom. The number of carbonyl (C=O) groups excluding carboxylic acids is 2. The third-order valence-electron chi connectivity index (χ3n) is 3.13. The SMILES string of the molecule is CC(C)(C)OC(=O)NCC1OC(O)C(NC(=O)OC(C)(C)C)CC1O. The van der Waals surface area contributed by atoms with E-state index in [4.69, 9.17) is 14.2 Å². The van der Waals surface area contributed by atoms with Gasteiger partial charge >= 0.3 is 12.2 Å². The zero-order chi connectivity index (χ0) is 19.4. The number of nitrogens with one attached hydrogen (secondary N) is 2. The smallest absolute Gasteiger partial charge is 0.408 e. The summed E-state index contributed by atoms with van der Waals surface area (Å²) in [6, 6.07) is -0.817. The van der Waals surface area contributed by atoms with Gasteiger partial charge in [-0.25, -0.2) is 9.59 Å². The Bertz CT molecular complexity index is 470. The Morgan fingerprint density at radius 2 is 1.56 bits per heavy atom. The van der Waals surface area contributed by atoms with Crippen molar-refractivity contribution in [2.45, 2.75) is 83.7 Å². The molecule has 4 N–H and O–H groups in total. The average molecular weight is 362 g/mol. The summed E-state index contributed by atoms with van der Waals surface area (Å²) >= 11 is 0. The summed E-state index contributed by atoms with van der Waals surface area (Å²) in [4.78, 5) is 23.4. The van der Waals surface area contributed by atoms with Gasteiger partial charge in [0.1, 0.15) is 17.3 Å². The molecule has 0 aromatic heterocycles. The third-order valence-corrected chi connectivity index (χ3v) is 3.13. The molecular weight excluding hydrogens is 332 g/mol. The van der Waals surface area contributed by atoms with Crippen molar-refractivity contribution in [3.8, 4) is 0 Å². The summed E-state index contributed by atoms with van der Waals surface area (Å²) < 4.78 is 15.5. The van der Waals surface area contributed by atoms with Gasteiger partial charge in [-0.15, -0.1) is 0 Å². The molecule has 1 rings (SSSR count). The first-order valence-electron chi connectivity index (χ1n) is 8.25. The molecule has 0 aromatic rings. The van der Waals surface area contributed by atoms with Crippen molar-refractivity contribution in [1.29, 1.82) is 0 Å². The number of carbonyl (C=O) groups is 2. The van der Waals surface area contributed by atoms with Gasteiger partial charge in [0.2, 0.25) is 0 Å². The van der Waals surface area contributed by atoms with E-state index in [2.05, 4.69) is 10.6 Å². The van der Waals surface area contributed by atoms with Gasteiger partial charge in [-0.05, 0) is 41.5 Å². The van der Waals surface area contributed by atoms with E-state index in [-0.39, 0.29) is 13.0 Å². The third kappa shape index (κ3) is 8.37. The molecule has 9 heteroatoms. The van der Waals surface area contributed by atoms with Crippen molar-refractivity contribution in [3.05, 3.63) is 0 Å². The lowest BCUT2D eigenvalue weighted by atomic mass is 10.0. The van der Waals surface area contributed by atoms with Gasteiger partial charge in [-0.1, -0.05) is 0 Å². The Hall–Kier alpha value is -1.58. The van der Waals surface area contributed by atoms with Gasteiger partial charge in [0.15, 0.2) is 6.29 Å². The molecule has 1 saturated heterocycles. The van der Waals surface area contributed by atoms with Gasteiger partial charge in [0.25, 0.3) is 0 Å². The standard InChI is InChI=1S/C16H30N2O7/c1-15(2,3)24-13(21)17-8-11-10(19)7-9(12(20)23-11)18-14(22)25-16(4,5)6/h9-12,19-20H,7-8H2,1-6H3,(H,17,21)(H,18,22). The fraction of sp³-hybridized carbons (Fsp3) is 0.875. The minimum atomic E-state index is -1.33. The van der Waals surface area contributed by atoms with Crippen LogP contribution in [0.25, 0.3) is 0 Å². The van der Waals surface area contributed by atoms with Gasteiger partial charge in [0, 0.05) is 13.0 Å². The first-order valence-corrected chi connectivity index (χ1v) is 8.25. The molecule has 4 atom stereocenters. The molecule has 25 heavy (non-hydrogen) atoms. The molecule has 0 spiro atoms. The van der Waals surface area contributed by atoms with Crippen LogP contribution in [-0.4, -0.2) is 64.7 Å². The lowest BCUT2D eigenvalue weighted by molar-refractivity contribution is -0.210. The summed E-state index contributed by atoms with van der Waals surface area (Å²) in [6.45, 7) is 10.3. The molecule has 9 nitrogen and oxygen atoms in total. The largest absolute Gasteiger partial charge is 0.444 e. The predicted molar refractivity (Wildman–Crippen MR) is 88.9 cm³/mol. The molecular formula is C16H30N2O7. The topological polar surface area (TPSA) is 126 Å². The van der Waals surface area contributed by atoms with Crippen LogP contribution in [0.4, 0.5) is 9.59 Å². The molecule has 146 valence electrons.